The second kappa shape index (κ2) is 6.85. The Morgan fingerprint density at radius 3 is 2.90 bits per heavy atom. The predicted molar refractivity (Wildman–Crippen MR) is 77.5 cm³/mol. The van der Waals surface area contributed by atoms with Crippen molar-refractivity contribution >= 4 is 23.2 Å². The Kier molecular flexibility index (Phi) is 4.89. The van der Waals surface area contributed by atoms with Gasteiger partial charge in [-0.2, -0.15) is 11.3 Å². The van der Waals surface area contributed by atoms with E-state index in [-0.39, 0.29) is 23.8 Å². The maximum Gasteiger partial charge on any atom is 0.337 e. The van der Waals surface area contributed by atoms with Crippen LogP contribution in [0.4, 0.5) is 0 Å². The summed E-state index contributed by atoms with van der Waals surface area (Å²) in [5.41, 5.74) is 1.08. The molecule has 0 aliphatic carbocycles. The van der Waals surface area contributed by atoms with Gasteiger partial charge in [-0.05, 0) is 28.5 Å². The van der Waals surface area contributed by atoms with Crippen LogP contribution in [-0.2, 0) is 11.3 Å². The molecule has 6 nitrogen and oxygen atoms in total. The largest absolute Gasteiger partial charge is 0.482 e. The molecule has 1 N–H and O–H groups in total. The Hall–Kier alpha value is -2.41. The molecule has 0 aliphatic rings. The highest BCUT2D eigenvalue weighted by molar-refractivity contribution is 7.07. The van der Waals surface area contributed by atoms with Gasteiger partial charge >= 0.3 is 5.97 Å². The summed E-state index contributed by atoms with van der Waals surface area (Å²) in [6, 6.07) is 3.29. The van der Waals surface area contributed by atoms with Crippen LogP contribution < -0.4 is 4.74 Å². The van der Waals surface area contributed by atoms with E-state index in [1.54, 1.807) is 23.3 Å². The molecule has 0 aliphatic heterocycles. The lowest BCUT2D eigenvalue weighted by atomic mass is 10.3. The molecule has 0 saturated carbocycles. The minimum atomic E-state index is -1.09. The van der Waals surface area contributed by atoms with Crippen molar-refractivity contribution in [3.63, 3.8) is 0 Å². The van der Waals surface area contributed by atoms with Crippen molar-refractivity contribution in [3.8, 4) is 5.75 Å². The summed E-state index contributed by atoms with van der Waals surface area (Å²) in [6.45, 7) is 0.352. The summed E-state index contributed by atoms with van der Waals surface area (Å²) in [5.74, 6) is -1.03. The number of amides is 1. The lowest BCUT2D eigenvalue weighted by Crippen LogP contribution is -2.30. The lowest BCUT2D eigenvalue weighted by Gasteiger charge is -2.16. The minimum Gasteiger partial charge on any atom is -0.482 e. The SMILES string of the molecule is CN(Cc1ccsc1)C(=O)COc1cncc(C(=O)O)c1. The van der Waals surface area contributed by atoms with Gasteiger partial charge in [0.2, 0.25) is 0 Å². The zero-order valence-corrected chi connectivity index (χ0v) is 12.2. The van der Waals surface area contributed by atoms with Gasteiger partial charge in [-0.3, -0.25) is 9.78 Å². The number of ether oxygens (including phenoxy) is 1. The zero-order chi connectivity index (χ0) is 15.2. The summed E-state index contributed by atoms with van der Waals surface area (Å²) in [5, 5.41) is 12.8. The van der Waals surface area contributed by atoms with Crippen molar-refractivity contribution in [1.82, 2.24) is 9.88 Å². The first-order valence-electron chi connectivity index (χ1n) is 6.12. The van der Waals surface area contributed by atoms with Crippen molar-refractivity contribution in [3.05, 3.63) is 46.4 Å². The van der Waals surface area contributed by atoms with E-state index in [9.17, 15) is 9.59 Å². The number of hydrogen-bond donors (Lipinski definition) is 1. The standard InChI is InChI=1S/C14H14N2O4S/c1-16(7-10-2-3-21-9-10)13(17)8-20-12-4-11(14(18)19)5-15-6-12/h2-6,9H,7-8H2,1H3,(H,18,19). The zero-order valence-electron chi connectivity index (χ0n) is 11.4. The van der Waals surface area contributed by atoms with Crippen molar-refractivity contribution in [1.29, 1.82) is 0 Å². The molecule has 0 spiro atoms. The quantitative estimate of drug-likeness (QED) is 0.881. The summed E-state index contributed by atoms with van der Waals surface area (Å²) in [4.78, 5) is 28.0. The molecule has 0 aromatic carbocycles. The molecule has 2 rings (SSSR count). The van der Waals surface area contributed by atoms with Gasteiger partial charge in [0.25, 0.3) is 5.91 Å². The summed E-state index contributed by atoms with van der Waals surface area (Å²) < 4.78 is 5.28. The number of hydrogen-bond acceptors (Lipinski definition) is 5. The van der Waals surface area contributed by atoms with Crippen molar-refractivity contribution < 1.29 is 19.4 Å². The van der Waals surface area contributed by atoms with Crippen LogP contribution in [0.15, 0.2) is 35.3 Å². The van der Waals surface area contributed by atoms with E-state index in [0.29, 0.717) is 6.54 Å². The number of aromatic carboxylic acids is 1. The first-order valence-corrected chi connectivity index (χ1v) is 7.06. The molecule has 110 valence electrons. The fraction of sp³-hybridized carbons (Fsp3) is 0.214. The number of carboxylic acid groups (broad SMARTS) is 1. The number of aromatic nitrogens is 1. The Balaban J connectivity index is 1.88. The second-order valence-corrected chi connectivity index (χ2v) is 5.16. The van der Waals surface area contributed by atoms with Crippen LogP contribution in [0.25, 0.3) is 0 Å². The Morgan fingerprint density at radius 2 is 2.24 bits per heavy atom. The number of carbonyl (C=O) groups excluding carboxylic acids is 1. The molecular formula is C14H14N2O4S. The number of likely N-dealkylation sites (N-methyl/N-ethyl adjacent to an activating group) is 1. The van der Waals surface area contributed by atoms with Gasteiger partial charge in [0, 0.05) is 19.8 Å². The van der Waals surface area contributed by atoms with E-state index < -0.39 is 5.97 Å². The third-order valence-electron chi connectivity index (χ3n) is 2.75. The van der Waals surface area contributed by atoms with Crippen LogP contribution in [-0.4, -0.2) is 40.5 Å². The maximum absolute atomic E-state index is 11.9. The van der Waals surface area contributed by atoms with Gasteiger partial charge in [-0.1, -0.05) is 0 Å². The fourth-order valence-electron chi connectivity index (χ4n) is 1.61. The van der Waals surface area contributed by atoms with Crippen LogP contribution in [0.2, 0.25) is 0 Å². The van der Waals surface area contributed by atoms with Gasteiger partial charge in [0.05, 0.1) is 11.8 Å². The molecule has 21 heavy (non-hydrogen) atoms. The Morgan fingerprint density at radius 1 is 1.43 bits per heavy atom. The molecule has 2 aromatic heterocycles. The number of rotatable bonds is 6. The van der Waals surface area contributed by atoms with Gasteiger partial charge in [-0.15, -0.1) is 0 Å². The number of pyridine rings is 1. The van der Waals surface area contributed by atoms with Crippen molar-refractivity contribution in [2.75, 3.05) is 13.7 Å². The average Bonchev–Trinajstić information content (AvgIpc) is 2.97. The van der Waals surface area contributed by atoms with Crippen molar-refractivity contribution in [2.45, 2.75) is 6.54 Å². The molecule has 0 bridgehead atoms. The predicted octanol–water partition coefficient (Wildman–Crippen LogP) is 1.88. The molecule has 0 unspecified atom stereocenters. The number of nitrogens with zero attached hydrogens (tertiary/aromatic N) is 2. The Labute approximate surface area is 125 Å². The highest BCUT2D eigenvalue weighted by atomic mass is 32.1. The van der Waals surface area contributed by atoms with Gasteiger partial charge < -0.3 is 14.7 Å². The lowest BCUT2D eigenvalue weighted by molar-refractivity contribution is -0.132. The van der Waals surface area contributed by atoms with Gasteiger partial charge in [-0.25, -0.2) is 4.79 Å². The molecule has 1 amide bonds. The molecular weight excluding hydrogens is 292 g/mol. The van der Waals surface area contributed by atoms with Crippen LogP contribution in [0.5, 0.6) is 5.75 Å². The topological polar surface area (TPSA) is 79.7 Å². The molecule has 7 heteroatoms. The summed E-state index contributed by atoms with van der Waals surface area (Å²) in [7, 11) is 1.69. The number of carboxylic acids is 1. The van der Waals surface area contributed by atoms with Crippen LogP contribution in [0.3, 0.4) is 0 Å². The van der Waals surface area contributed by atoms with Crippen LogP contribution in [0.1, 0.15) is 15.9 Å². The number of carbonyl (C=O) groups is 2. The van der Waals surface area contributed by atoms with Gasteiger partial charge in [0.1, 0.15) is 5.75 Å². The van der Waals surface area contributed by atoms with E-state index in [0.717, 1.165) is 5.56 Å². The number of thiophene rings is 1. The van der Waals surface area contributed by atoms with E-state index in [1.807, 2.05) is 16.8 Å². The first-order chi connectivity index (χ1) is 10.1. The van der Waals surface area contributed by atoms with E-state index >= 15 is 0 Å². The van der Waals surface area contributed by atoms with Crippen molar-refractivity contribution in [2.24, 2.45) is 0 Å². The van der Waals surface area contributed by atoms with E-state index in [1.165, 1.54) is 18.5 Å². The Bertz CT molecular complexity index is 628. The third-order valence-corrected chi connectivity index (χ3v) is 3.48. The monoisotopic (exact) mass is 306 g/mol. The highest BCUT2D eigenvalue weighted by Crippen LogP contribution is 2.12. The van der Waals surface area contributed by atoms with Crippen LogP contribution in [0, 0.1) is 0 Å². The maximum atomic E-state index is 11.9. The smallest absolute Gasteiger partial charge is 0.337 e. The van der Waals surface area contributed by atoms with Crippen LogP contribution >= 0.6 is 11.3 Å². The average molecular weight is 306 g/mol. The molecule has 0 atom stereocenters. The molecule has 2 heterocycles. The summed E-state index contributed by atoms with van der Waals surface area (Å²) >= 11 is 1.57. The third kappa shape index (κ3) is 4.28. The molecule has 2 aromatic rings. The second-order valence-electron chi connectivity index (χ2n) is 4.38. The molecule has 0 saturated heterocycles. The highest BCUT2D eigenvalue weighted by Gasteiger charge is 2.11. The minimum absolute atomic E-state index is 0.0200. The van der Waals surface area contributed by atoms with Gasteiger partial charge in [0.15, 0.2) is 6.61 Å². The van der Waals surface area contributed by atoms with E-state index in [4.69, 9.17) is 9.84 Å². The molecule has 0 radical (unpaired) electrons. The molecule has 0 fully saturated rings. The normalized spacial score (nSPS) is 10.1. The van der Waals surface area contributed by atoms with E-state index in [2.05, 4.69) is 4.98 Å². The summed E-state index contributed by atoms with van der Waals surface area (Å²) in [6.07, 6.45) is 2.60. The fourth-order valence-corrected chi connectivity index (χ4v) is 2.27. The first kappa shape index (κ1) is 15.0.